The van der Waals surface area contributed by atoms with Crippen molar-refractivity contribution in [2.45, 2.75) is 52.6 Å². The number of hydrogen-bond acceptors (Lipinski definition) is 7. The predicted octanol–water partition coefficient (Wildman–Crippen LogP) is 3.50. The highest BCUT2D eigenvalue weighted by Crippen LogP contribution is 2.26. The number of hydrogen-bond donors (Lipinski definition) is 0. The molecule has 0 spiro atoms. The van der Waals surface area contributed by atoms with E-state index in [0.717, 1.165) is 11.4 Å². The molecule has 4 aromatic rings. The Hall–Kier alpha value is -3.44. The van der Waals surface area contributed by atoms with E-state index in [2.05, 4.69) is 10.3 Å². The fraction of sp³-hybridized carbons (Fsp3) is 0.348. The van der Waals surface area contributed by atoms with E-state index in [-0.39, 0.29) is 23.8 Å². The maximum absolute atomic E-state index is 13.3. The standard InChI is InChI=1S/C23H27N5O5S/c1-14-10-20(17(4)28(14)22-11-15(2)33-25-22)21(29)13-27-18(5)23(16(3)24-27)34(30,31)26(6)12-19-8-7-9-32-19/h7-11H,12-13H2,1-6H3. The van der Waals surface area contributed by atoms with Crippen molar-refractivity contribution in [2.24, 2.45) is 0 Å². The molecule has 0 radical (unpaired) electrons. The zero-order chi connectivity index (χ0) is 24.8. The second-order valence-corrected chi connectivity index (χ2v) is 10.3. The van der Waals surface area contributed by atoms with Gasteiger partial charge in [-0.25, -0.2) is 8.42 Å². The highest BCUT2D eigenvalue weighted by molar-refractivity contribution is 7.89. The van der Waals surface area contributed by atoms with Crippen LogP contribution >= 0.6 is 0 Å². The summed E-state index contributed by atoms with van der Waals surface area (Å²) in [7, 11) is -2.36. The Labute approximate surface area is 197 Å². The first-order valence-corrected chi connectivity index (χ1v) is 12.1. The number of furan rings is 1. The van der Waals surface area contributed by atoms with Crippen LogP contribution in [0.2, 0.25) is 0 Å². The van der Waals surface area contributed by atoms with E-state index in [1.165, 1.54) is 22.3 Å². The van der Waals surface area contributed by atoms with Crippen LogP contribution in [0.3, 0.4) is 0 Å². The molecule has 0 atom stereocenters. The number of carbonyl (C=O) groups excluding carboxylic acids is 1. The summed E-state index contributed by atoms with van der Waals surface area (Å²) in [6.45, 7) is 8.81. The molecule has 0 amide bonds. The molecule has 4 aromatic heterocycles. The molecule has 0 bridgehead atoms. The Morgan fingerprint density at radius 2 is 1.85 bits per heavy atom. The van der Waals surface area contributed by atoms with Gasteiger partial charge in [0.05, 0.1) is 24.2 Å². The summed E-state index contributed by atoms with van der Waals surface area (Å²) in [6, 6.07) is 7.01. The Morgan fingerprint density at radius 1 is 1.12 bits per heavy atom. The predicted molar refractivity (Wildman–Crippen MR) is 123 cm³/mol. The van der Waals surface area contributed by atoms with Crippen molar-refractivity contribution in [1.29, 1.82) is 0 Å². The fourth-order valence-corrected chi connectivity index (χ4v) is 5.65. The molecular formula is C23H27N5O5S. The zero-order valence-corrected chi connectivity index (χ0v) is 20.8. The zero-order valence-electron chi connectivity index (χ0n) is 20.0. The molecule has 0 unspecified atom stereocenters. The van der Waals surface area contributed by atoms with Gasteiger partial charge in [-0.2, -0.15) is 9.40 Å². The molecular weight excluding hydrogens is 458 g/mol. The Morgan fingerprint density at radius 3 is 2.47 bits per heavy atom. The van der Waals surface area contributed by atoms with Gasteiger partial charge >= 0.3 is 0 Å². The number of ketones is 1. The van der Waals surface area contributed by atoms with E-state index in [9.17, 15) is 13.2 Å². The lowest BCUT2D eigenvalue weighted by Crippen LogP contribution is -2.27. The van der Waals surface area contributed by atoms with Gasteiger partial charge in [0.2, 0.25) is 10.0 Å². The molecule has 0 aromatic carbocycles. The molecule has 4 rings (SSSR count). The van der Waals surface area contributed by atoms with Crippen LogP contribution in [0.15, 0.2) is 44.4 Å². The number of aromatic nitrogens is 4. The summed E-state index contributed by atoms with van der Waals surface area (Å²) in [5.74, 6) is 1.62. The third-order valence-corrected chi connectivity index (χ3v) is 7.87. The number of carbonyl (C=O) groups is 1. The highest BCUT2D eigenvalue weighted by Gasteiger charge is 2.30. The molecule has 180 valence electrons. The van der Waals surface area contributed by atoms with Gasteiger partial charge in [0.25, 0.3) is 0 Å². The smallest absolute Gasteiger partial charge is 0.246 e. The Bertz CT molecular complexity index is 1460. The van der Waals surface area contributed by atoms with Crippen molar-refractivity contribution < 1.29 is 22.2 Å². The number of Topliss-reactive ketones (excluding diaryl/α,β-unsaturated/α-hetero) is 1. The van der Waals surface area contributed by atoms with Gasteiger partial charge in [-0.05, 0) is 52.8 Å². The molecule has 10 nitrogen and oxygen atoms in total. The van der Waals surface area contributed by atoms with Crippen LogP contribution in [-0.4, -0.2) is 45.1 Å². The van der Waals surface area contributed by atoms with Crippen LogP contribution in [0.25, 0.3) is 5.82 Å². The summed E-state index contributed by atoms with van der Waals surface area (Å²) in [5, 5.41) is 8.42. The normalized spacial score (nSPS) is 12.1. The van der Waals surface area contributed by atoms with Crippen LogP contribution in [-0.2, 0) is 23.1 Å². The lowest BCUT2D eigenvalue weighted by atomic mass is 10.1. The van der Waals surface area contributed by atoms with Crippen molar-refractivity contribution in [3.63, 3.8) is 0 Å². The average molecular weight is 486 g/mol. The van der Waals surface area contributed by atoms with Crippen molar-refractivity contribution >= 4 is 15.8 Å². The van der Waals surface area contributed by atoms with Gasteiger partial charge in [0.1, 0.15) is 23.0 Å². The third kappa shape index (κ3) is 4.12. The summed E-state index contributed by atoms with van der Waals surface area (Å²) < 4.78 is 41.5. The minimum Gasteiger partial charge on any atom is -0.468 e. The van der Waals surface area contributed by atoms with Crippen LogP contribution in [0, 0.1) is 34.6 Å². The summed E-state index contributed by atoms with van der Waals surface area (Å²) in [6.07, 6.45) is 1.50. The third-order valence-electron chi connectivity index (χ3n) is 5.81. The highest BCUT2D eigenvalue weighted by atomic mass is 32.2. The topological polar surface area (TPSA) is 116 Å². The SMILES string of the molecule is Cc1cc(-n2c(C)cc(C(=O)Cn3nc(C)c(S(=O)(=O)N(C)Cc4ccco4)c3C)c2C)no1. The van der Waals surface area contributed by atoms with Gasteiger partial charge in [-0.3, -0.25) is 14.0 Å². The minimum atomic E-state index is -3.84. The molecule has 0 saturated carbocycles. The van der Waals surface area contributed by atoms with Crippen molar-refractivity contribution in [3.8, 4) is 5.82 Å². The monoisotopic (exact) mass is 485 g/mol. The van der Waals surface area contributed by atoms with Gasteiger partial charge in [0.15, 0.2) is 11.6 Å². The van der Waals surface area contributed by atoms with E-state index in [0.29, 0.717) is 34.3 Å². The maximum atomic E-state index is 13.3. The first-order valence-electron chi connectivity index (χ1n) is 10.7. The van der Waals surface area contributed by atoms with E-state index in [1.54, 1.807) is 45.0 Å². The Balaban J connectivity index is 1.61. The molecule has 34 heavy (non-hydrogen) atoms. The van der Waals surface area contributed by atoms with Gasteiger partial charge in [0, 0.05) is 30.1 Å². The summed E-state index contributed by atoms with van der Waals surface area (Å²) in [5.41, 5.74) is 2.82. The van der Waals surface area contributed by atoms with Gasteiger partial charge in [-0.15, -0.1) is 0 Å². The van der Waals surface area contributed by atoms with Crippen molar-refractivity contribution in [1.82, 2.24) is 23.8 Å². The lowest BCUT2D eigenvalue weighted by Gasteiger charge is -2.16. The maximum Gasteiger partial charge on any atom is 0.246 e. The molecule has 4 heterocycles. The van der Waals surface area contributed by atoms with Crippen molar-refractivity contribution in [2.75, 3.05) is 7.05 Å². The fourth-order valence-electron chi connectivity index (χ4n) is 4.15. The lowest BCUT2D eigenvalue weighted by molar-refractivity contribution is 0.0966. The Kier molecular flexibility index (Phi) is 6.09. The van der Waals surface area contributed by atoms with Gasteiger partial charge < -0.3 is 8.94 Å². The largest absolute Gasteiger partial charge is 0.468 e. The minimum absolute atomic E-state index is 0.0891. The first-order chi connectivity index (χ1) is 16.0. The number of aryl methyl sites for hydroxylation is 3. The number of rotatable bonds is 8. The van der Waals surface area contributed by atoms with Crippen LogP contribution < -0.4 is 0 Å². The van der Waals surface area contributed by atoms with E-state index in [1.807, 2.05) is 18.4 Å². The number of sulfonamides is 1. The molecule has 0 aliphatic heterocycles. The van der Waals surface area contributed by atoms with Crippen LogP contribution in [0.5, 0.6) is 0 Å². The summed E-state index contributed by atoms with van der Waals surface area (Å²) >= 11 is 0. The first kappa shape index (κ1) is 23.7. The number of nitrogens with zero attached hydrogens (tertiary/aromatic N) is 5. The molecule has 0 fully saturated rings. The molecule has 0 aliphatic carbocycles. The van der Waals surface area contributed by atoms with Crippen molar-refractivity contribution in [3.05, 3.63) is 70.4 Å². The second-order valence-electron chi connectivity index (χ2n) is 8.34. The molecule has 0 N–H and O–H groups in total. The summed E-state index contributed by atoms with van der Waals surface area (Å²) in [4.78, 5) is 13.3. The van der Waals surface area contributed by atoms with Gasteiger partial charge in [-0.1, -0.05) is 5.16 Å². The van der Waals surface area contributed by atoms with Crippen LogP contribution in [0.4, 0.5) is 0 Å². The van der Waals surface area contributed by atoms with E-state index < -0.39 is 10.0 Å². The quantitative estimate of drug-likeness (QED) is 0.351. The second kappa shape index (κ2) is 8.73. The van der Waals surface area contributed by atoms with Crippen LogP contribution in [0.1, 0.15) is 44.7 Å². The van der Waals surface area contributed by atoms with E-state index in [4.69, 9.17) is 8.94 Å². The molecule has 0 saturated heterocycles. The molecule has 11 heteroatoms. The molecule has 0 aliphatic rings. The average Bonchev–Trinajstić information content (AvgIpc) is 3.52. The van der Waals surface area contributed by atoms with E-state index >= 15 is 0 Å².